The van der Waals surface area contributed by atoms with E-state index in [-0.39, 0.29) is 12.2 Å². The number of nitrogens with one attached hydrogen (secondary N) is 1. The highest BCUT2D eigenvalue weighted by Gasteiger charge is 2.55. The molecule has 0 heterocycles. The lowest BCUT2D eigenvalue weighted by Gasteiger charge is -2.32. The summed E-state index contributed by atoms with van der Waals surface area (Å²) in [6, 6.07) is 8.66. The zero-order valence-corrected chi connectivity index (χ0v) is 13.3. The molecule has 1 atom stereocenters. The van der Waals surface area contributed by atoms with Gasteiger partial charge in [-0.15, -0.1) is 0 Å². The lowest BCUT2D eigenvalue weighted by Crippen LogP contribution is -2.47. The first-order valence-corrected chi connectivity index (χ1v) is 7.47. The number of hydrogen-bond donors (Lipinski definition) is 3. The first kappa shape index (κ1) is 20.1. The lowest BCUT2D eigenvalue weighted by molar-refractivity contribution is -0.260. The second-order valence-electron chi connectivity index (χ2n) is 5.69. The fraction of sp³-hybridized carbons (Fsp3) is 0.294. The highest BCUT2D eigenvalue weighted by molar-refractivity contribution is 5.46. The van der Waals surface area contributed by atoms with Crippen LogP contribution in [0.25, 0.3) is 0 Å². The molecule has 0 aromatic heterocycles. The van der Waals surface area contributed by atoms with Gasteiger partial charge in [0.1, 0.15) is 0 Å². The van der Waals surface area contributed by atoms with E-state index in [2.05, 4.69) is 5.32 Å². The molecule has 0 aliphatic carbocycles. The molecule has 0 saturated carbocycles. The van der Waals surface area contributed by atoms with E-state index in [0.29, 0.717) is 12.1 Å². The number of nitrogens with two attached hydrogens (primary N) is 1. The molecule has 0 spiro atoms. The maximum Gasteiger partial charge on any atom is 0.423 e. The summed E-state index contributed by atoms with van der Waals surface area (Å²) in [4.78, 5) is 0. The molecule has 9 heteroatoms. The summed E-state index contributed by atoms with van der Waals surface area (Å²) in [6.45, 7) is -0.809. The van der Waals surface area contributed by atoms with Crippen molar-refractivity contribution in [3.05, 3.63) is 65.2 Å². The summed E-state index contributed by atoms with van der Waals surface area (Å²) in [5.41, 5.74) is 0.765. The Hall–Kier alpha value is -2.26. The van der Waals surface area contributed by atoms with Gasteiger partial charge >= 0.3 is 12.4 Å². The third kappa shape index (κ3) is 4.28. The first-order valence-electron chi connectivity index (χ1n) is 7.47. The third-order valence-electron chi connectivity index (χ3n) is 3.87. The summed E-state index contributed by atoms with van der Waals surface area (Å²) >= 11 is 0. The SMILES string of the molecule is NCc1ccc(NC[C@](O)(c2cccc(C(F)(F)F)c2)C(F)(F)F)cc1. The van der Waals surface area contributed by atoms with Crippen molar-refractivity contribution < 1.29 is 31.4 Å². The molecule has 3 nitrogen and oxygen atoms in total. The number of alkyl halides is 6. The standard InChI is InChI=1S/C17H16F6N2O/c18-16(19,20)13-3-1-2-12(8-13)15(26,17(21,22)23)10-25-14-6-4-11(9-24)5-7-14/h1-8,25-26H,9-10,24H2/t15-/m0/s1. The minimum absolute atomic E-state index is 0.247. The Balaban J connectivity index is 2.33. The Bertz CT molecular complexity index is 742. The predicted molar refractivity (Wildman–Crippen MR) is 84.2 cm³/mol. The van der Waals surface area contributed by atoms with E-state index in [4.69, 9.17) is 5.73 Å². The zero-order chi connectivity index (χ0) is 19.6. The number of anilines is 1. The fourth-order valence-electron chi connectivity index (χ4n) is 2.31. The van der Waals surface area contributed by atoms with E-state index in [1.807, 2.05) is 0 Å². The van der Waals surface area contributed by atoms with Crippen molar-refractivity contribution >= 4 is 5.69 Å². The molecule has 0 amide bonds. The molecule has 0 aliphatic rings. The van der Waals surface area contributed by atoms with Crippen molar-refractivity contribution in [2.75, 3.05) is 11.9 Å². The Morgan fingerprint density at radius 3 is 1.96 bits per heavy atom. The van der Waals surface area contributed by atoms with Gasteiger partial charge < -0.3 is 16.2 Å². The van der Waals surface area contributed by atoms with Gasteiger partial charge in [-0.05, 0) is 35.4 Å². The highest BCUT2D eigenvalue weighted by Crippen LogP contribution is 2.41. The molecule has 0 aliphatic heterocycles. The van der Waals surface area contributed by atoms with Crippen molar-refractivity contribution in [2.24, 2.45) is 5.73 Å². The van der Waals surface area contributed by atoms with E-state index in [1.165, 1.54) is 12.1 Å². The van der Waals surface area contributed by atoms with Gasteiger partial charge in [0.25, 0.3) is 0 Å². The maximum absolute atomic E-state index is 13.5. The summed E-state index contributed by atoms with van der Waals surface area (Å²) < 4.78 is 78.7. The van der Waals surface area contributed by atoms with Crippen LogP contribution >= 0.6 is 0 Å². The number of hydrogen-bond acceptors (Lipinski definition) is 3. The Kier molecular flexibility index (Phi) is 5.52. The maximum atomic E-state index is 13.5. The van der Waals surface area contributed by atoms with Crippen molar-refractivity contribution in [1.29, 1.82) is 0 Å². The molecule has 0 radical (unpaired) electrons. The second kappa shape index (κ2) is 7.16. The molecule has 0 saturated heterocycles. The van der Waals surface area contributed by atoms with E-state index < -0.39 is 35.6 Å². The highest BCUT2D eigenvalue weighted by atomic mass is 19.4. The smallest absolute Gasteiger partial charge is 0.381 e. The number of halogens is 6. The van der Waals surface area contributed by atoms with Gasteiger partial charge in [-0.3, -0.25) is 0 Å². The summed E-state index contributed by atoms with van der Waals surface area (Å²) in [6.07, 6.45) is -10.0. The molecule has 4 N–H and O–H groups in total. The third-order valence-corrected chi connectivity index (χ3v) is 3.87. The molecule has 0 unspecified atom stereocenters. The van der Waals surface area contributed by atoms with Crippen LogP contribution in [0.5, 0.6) is 0 Å². The van der Waals surface area contributed by atoms with Crippen molar-refractivity contribution in [1.82, 2.24) is 0 Å². The quantitative estimate of drug-likeness (QED) is 0.689. The molecule has 2 rings (SSSR count). The van der Waals surface area contributed by atoms with Gasteiger partial charge in [0.2, 0.25) is 5.60 Å². The van der Waals surface area contributed by atoms with Crippen LogP contribution in [-0.4, -0.2) is 17.8 Å². The lowest BCUT2D eigenvalue weighted by atomic mass is 9.91. The van der Waals surface area contributed by atoms with Gasteiger partial charge in [0.05, 0.1) is 12.1 Å². The molecular formula is C17H16F6N2O. The zero-order valence-electron chi connectivity index (χ0n) is 13.3. The van der Waals surface area contributed by atoms with Crippen LogP contribution < -0.4 is 11.1 Å². The number of aliphatic hydroxyl groups is 1. The van der Waals surface area contributed by atoms with Crippen LogP contribution in [0, 0.1) is 0 Å². The van der Waals surface area contributed by atoms with Crippen LogP contribution in [-0.2, 0) is 18.3 Å². The molecule has 0 bridgehead atoms. The van der Waals surface area contributed by atoms with Gasteiger partial charge in [0.15, 0.2) is 0 Å². The second-order valence-corrected chi connectivity index (χ2v) is 5.69. The van der Waals surface area contributed by atoms with E-state index >= 15 is 0 Å². The van der Waals surface area contributed by atoms with Crippen LogP contribution in [0.1, 0.15) is 16.7 Å². The molecule has 142 valence electrons. The van der Waals surface area contributed by atoms with Crippen LogP contribution in [0.2, 0.25) is 0 Å². The van der Waals surface area contributed by atoms with E-state index in [0.717, 1.165) is 17.7 Å². The van der Waals surface area contributed by atoms with Gasteiger partial charge in [0, 0.05) is 12.2 Å². The fourth-order valence-corrected chi connectivity index (χ4v) is 2.31. The van der Waals surface area contributed by atoms with Crippen LogP contribution in [0.4, 0.5) is 32.0 Å². The van der Waals surface area contributed by atoms with Crippen molar-refractivity contribution in [3.8, 4) is 0 Å². The van der Waals surface area contributed by atoms with Crippen molar-refractivity contribution in [2.45, 2.75) is 24.5 Å². The minimum Gasteiger partial charge on any atom is -0.381 e. The largest absolute Gasteiger partial charge is 0.423 e. The van der Waals surface area contributed by atoms with Gasteiger partial charge in [-0.1, -0.05) is 24.3 Å². The molecular weight excluding hydrogens is 362 g/mol. The minimum atomic E-state index is -5.19. The number of benzene rings is 2. The Labute approximate surface area is 145 Å². The average Bonchev–Trinajstić information content (AvgIpc) is 2.58. The molecule has 0 fully saturated rings. The number of rotatable bonds is 5. The Morgan fingerprint density at radius 2 is 1.46 bits per heavy atom. The molecule has 2 aromatic carbocycles. The van der Waals surface area contributed by atoms with Crippen LogP contribution in [0.3, 0.4) is 0 Å². The van der Waals surface area contributed by atoms with Crippen LogP contribution in [0.15, 0.2) is 48.5 Å². The summed E-state index contributed by atoms with van der Waals surface area (Å²) in [7, 11) is 0. The van der Waals surface area contributed by atoms with Gasteiger partial charge in [-0.25, -0.2) is 0 Å². The van der Waals surface area contributed by atoms with Gasteiger partial charge in [-0.2, -0.15) is 26.3 Å². The summed E-state index contributed by atoms with van der Waals surface area (Å²) in [5.74, 6) is 0. The van der Waals surface area contributed by atoms with E-state index in [1.54, 1.807) is 12.1 Å². The predicted octanol–water partition coefficient (Wildman–Crippen LogP) is 4.03. The summed E-state index contributed by atoms with van der Waals surface area (Å²) in [5, 5.41) is 12.6. The normalized spacial score (nSPS) is 14.8. The molecule has 26 heavy (non-hydrogen) atoms. The van der Waals surface area contributed by atoms with Crippen molar-refractivity contribution in [3.63, 3.8) is 0 Å². The first-order chi connectivity index (χ1) is 12.0. The topological polar surface area (TPSA) is 58.3 Å². The average molecular weight is 378 g/mol. The monoisotopic (exact) mass is 378 g/mol. The Morgan fingerprint density at radius 1 is 0.885 bits per heavy atom. The molecule has 2 aromatic rings. The van der Waals surface area contributed by atoms with E-state index in [9.17, 15) is 31.4 Å².